The fourth-order valence-electron chi connectivity index (χ4n) is 2.11. The van der Waals surface area contributed by atoms with Gasteiger partial charge in [0, 0.05) is 5.02 Å². The number of aliphatic hydroxyl groups excluding tert-OH is 1. The zero-order valence-electron chi connectivity index (χ0n) is 7.98. The molecule has 0 bridgehead atoms. The maximum absolute atomic E-state index is 13.3. The number of aliphatic hydroxyl groups is 1. The fourth-order valence-corrected chi connectivity index (χ4v) is 2.40. The molecule has 2 rings (SSSR count). The largest absolute Gasteiger partial charge is 0.388 e. The summed E-state index contributed by atoms with van der Waals surface area (Å²) in [6, 6.07) is 1.34. The summed E-state index contributed by atoms with van der Waals surface area (Å²) in [7, 11) is 0. The Balaban J connectivity index is 2.67. The smallest absolute Gasteiger partial charge is 0.127 e. The van der Waals surface area contributed by atoms with Gasteiger partial charge in [-0.1, -0.05) is 11.6 Å². The van der Waals surface area contributed by atoms with E-state index in [4.69, 9.17) is 11.6 Å². The average molecular weight is 215 g/mol. The van der Waals surface area contributed by atoms with Crippen molar-refractivity contribution in [3.8, 4) is 0 Å². The Kier molecular flexibility index (Phi) is 2.50. The summed E-state index contributed by atoms with van der Waals surface area (Å²) < 4.78 is 13.3. The second-order valence-corrected chi connectivity index (χ2v) is 4.17. The standard InChI is InChI=1S/C11H12ClFO/c1-6-9(13)5-8(12)7-3-2-4-10(14)11(6)7/h5,10,14H,2-4H2,1H3/t10-/m1/s1. The molecule has 1 nitrogen and oxygen atoms in total. The summed E-state index contributed by atoms with van der Waals surface area (Å²) in [5.74, 6) is -0.324. The van der Waals surface area contributed by atoms with Crippen molar-refractivity contribution in [2.75, 3.05) is 0 Å². The highest BCUT2D eigenvalue weighted by Gasteiger charge is 2.24. The van der Waals surface area contributed by atoms with E-state index >= 15 is 0 Å². The van der Waals surface area contributed by atoms with Gasteiger partial charge in [0.05, 0.1) is 6.10 Å². The minimum atomic E-state index is -0.549. The fraction of sp³-hybridized carbons (Fsp3) is 0.455. The van der Waals surface area contributed by atoms with Crippen molar-refractivity contribution in [3.05, 3.63) is 33.6 Å². The van der Waals surface area contributed by atoms with E-state index in [2.05, 4.69) is 0 Å². The van der Waals surface area contributed by atoms with Gasteiger partial charge >= 0.3 is 0 Å². The first-order valence-electron chi connectivity index (χ1n) is 4.76. The third kappa shape index (κ3) is 1.43. The van der Waals surface area contributed by atoms with Crippen molar-refractivity contribution in [2.24, 2.45) is 0 Å². The van der Waals surface area contributed by atoms with E-state index in [1.54, 1.807) is 6.92 Å². The zero-order chi connectivity index (χ0) is 10.3. The van der Waals surface area contributed by atoms with Gasteiger partial charge in [0.1, 0.15) is 5.82 Å². The van der Waals surface area contributed by atoms with E-state index in [1.165, 1.54) is 6.07 Å². The highest BCUT2D eigenvalue weighted by atomic mass is 35.5. The van der Waals surface area contributed by atoms with Crippen LogP contribution in [0.3, 0.4) is 0 Å². The van der Waals surface area contributed by atoms with Gasteiger partial charge in [0.2, 0.25) is 0 Å². The van der Waals surface area contributed by atoms with Crippen LogP contribution in [0.15, 0.2) is 6.07 Å². The molecule has 3 heteroatoms. The lowest BCUT2D eigenvalue weighted by molar-refractivity contribution is 0.155. The van der Waals surface area contributed by atoms with Crippen LogP contribution in [0.4, 0.5) is 4.39 Å². The molecule has 1 aliphatic rings. The third-order valence-electron chi connectivity index (χ3n) is 2.87. The van der Waals surface area contributed by atoms with Crippen LogP contribution in [0.25, 0.3) is 0 Å². The SMILES string of the molecule is Cc1c(F)cc(Cl)c2c1[C@H](O)CCC2. The maximum atomic E-state index is 13.3. The lowest BCUT2D eigenvalue weighted by Crippen LogP contribution is -2.12. The second kappa shape index (κ2) is 3.52. The molecule has 1 N–H and O–H groups in total. The Hall–Kier alpha value is -0.600. The summed E-state index contributed by atoms with van der Waals surface area (Å²) in [5, 5.41) is 10.2. The van der Waals surface area contributed by atoms with Gasteiger partial charge in [-0.15, -0.1) is 0 Å². The van der Waals surface area contributed by atoms with Gasteiger partial charge in [-0.3, -0.25) is 0 Å². The van der Waals surface area contributed by atoms with Crippen LogP contribution in [0, 0.1) is 12.7 Å². The van der Waals surface area contributed by atoms with Gasteiger partial charge in [0.25, 0.3) is 0 Å². The predicted molar refractivity (Wildman–Crippen MR) is 54.0 cm³/mol. The Bertz CT molecular complexity index is 376. The average Bonchev–Trinajstić information content (AvgIpc) is 2.14. The number of fused-ring (bicyclic) bond motifs is 1. The highest BCUT2D eigenvalue weighted by Crippen LogP contribution is 2.37. The first-order valence-corrected chi connectivity index (χ1v) is 5.14. The monoisotopic (exact) mass is 214 g/mol. The molecule has 0 unspecified atom stereocenters. The van der Waals surface area contributed by atoms with Crippen LogP contribution in [0.1, 0.15) is 35.6 Å². The van der Waals surface area contributed by atoms with Crippen LogP contribution in [0.2, 0.25) is 5.02 Å². The van der Waals surface area contributed by atoms with E-state index < -0.39 is 6.10 Å². The van der Waals surface area contributed by atoms with Crippen LogP contribution in [-0.4, -0.2) is 5.11 Å². The van der Waals surface area contributed by atoms with Crippen molar-refractivity contribution in [1.82, 2.24) is 0 Å². The molecule has 0 aliphatic heterocycles. The van der Waals surface area contributed by atoms with Gasteiger partial charge in [-0.2, -0.15) is 0 Å². The molecule has 0 fully saturated rings. The topological polar surface area (TPSA) is 20.2 Å². The number of benzene rings is 1. The molecule has 0 spiro atoms. The molecule has 76 valence electrons. The predicted octanol–water partition coefficient (Wildman–Crippen LogP) is 3.16. The zero-order valence-corrected chi connectivity index (χ0v) is 8.74. The van der Waals surface area contributed by atoms with Gasteiger partial charge in [-0.25, -0.2) is 4.39 Å². The summed E-state index contributed by atoms with van der Waals surface area (Å²) in [5.41, 5.74) is 2.17. The van der Waals surface area contributed by atoms with E-state index in [0.717, 1.165) is 18.4 Å². The molecule has 0 saturated carbocycles. The molecular weight excluding hydrogens is 203 g/mol. The second-order valence-electron chi connectivity index (χ2n) is 3.77. The molecule has 0 radical (unpaired) electrons. The number of hydrogen-bond acceptors (Lipinski definition) is 1. The van der Waals surface area contributed by atoms with Gasteiger partial charge in [0.15, 0.2) is 0 Å². The molecule has 0 aromatic heterocycles. The summed E-state index contributed by atoms with van der Waals surface area (Å²) in [6.07, 6.45) is 1.91. The molecule has 0 amide bonds. The maximum Gasteiger partial charge on any atom is 0.127 e. The van der Waals surface area contributed by atoms with E-state index in [9.17, 15) is 9.50 Å². The molecule has 1 aromatic rings. The van der Waals surface area contributed by atoms with E-state index in [1.807, 2.05) is 0 Å². The molecule has 1 aromatic carbocycles. The number of rotatable bonds is 0. The van der Waals surface area contributed by atoms with E-state index in [-0.39, 0.29) is 5.82 Å². The lowest BCUT2D eigenvalue weighted by Gasteiger charge is -2.24. The molecule has 0 saturated heterocycles. The molecular formula is C11H12ClFO. The van der Waals surface area contributed by atoms with Crippen molar-refractivity contribution >= 4 is 11.6 Å². The van der Waals surface area contributed by atoms with Crippen LogP contribution < -0.4 is 0 Å². The third-order valence-corrected chi connectivity index (χ3v) is 3.20. The van der Waals surface area contributed by atoms with Crippen molar-refractivity contribution in [1.29, 1.82) is 0 Å². The normalized spacial score (nSPS) is 20.7. The van der Waals surface area contributed by atoms with Gasteiger partial charge in [-0.05, 0) is 48.9 Å². The summed E-state index contributed by atoms with van der Waals surface area (Å²) >= 11 is 5.93. The Labute approximate surface area is 87.5 Å². The Morgan fingerprint density at radius 1 is 1.57 bits per heavy atom. The molecule has 0 heterocycles. The summed E-state index contributed by atoms with van der Waals surface area (Å²) in [6.45, 7) is 1.69. The summed E-state index contributed by atoms with van der Waals surface area (Å²) in [4.78, 5) is 0. The number of halogens is 2. The van der Waals surface area contributed by atoms with E-state index in [0.29, 0.717) is 22.6 Å². The molecule has 1 aliphatic carbocycles. The van der Waals surface area contributed by atoms with Crippen LogP contribution in [-0.2, 0) is 6.42 Å². The highest BCUT2D eigenvalue weighted by molar-refractivity contribution is 6.31. The van der Waals surface area contributed by atoms with Crippen molar-refractivity contribution < 1.29 is 9.50 Å². The minimum Gasteiger partial charge on any atom is -0.388 e. The molecule has 14 heavy (non-hydrogen) atoms. The quantitative estimate of drug-likeness (QED) is 0.704. The Morgan fingerprint density at radius 2 is 2.29 bits per heavy atom. The first kappa shape index (κ1) is 9.94. The number of hydrogen-bond donors (Lipinski definition) is 1. The first-order chi connectivity index (χ1) is 6.61. The van der Waals surface area contributed by atoms with Gasteiger partial charge < -0.3 is 5.11 Å². The van der Waals surface area contributed by atoms with Crippen LogP contribution >= 0.6 is 11.6 Å². The minimum absolute atomic E-state index is 0.324. The molecule has 1 atom stereocenters. The van der Waals surface area contributed by atoms with Crippen molar-refractivity contribution in [3.63, 3.8) is 0 Å². The van der Waals surface area contributed by atoms with Crippen molar-refractivity contribution in [2.45, 2.75) is 32.3 Å². The Morgan fingerprint density at radius 3 is 3.00 bits per heavy atom. The lowest BCUT2D eigenvalue weighted by atomic mass is 9.86. The van der Waals surface area contributed by atoms with Crippen LogP contribution in [0.5, 0.6) is 0 Å².